The van der Waals surface area contributed by atoms with Crippen molar-refractivity contribution in [3.8, 4) is 11.8 Å². The number of anilines is 1. The van der Waals surface area contributed by atoms with Crippen molar-refractivity contribution in [3.63, 3.8) is 0 Å². The van der Waals surface area contributed by atoms with Crippen LogP contribution in [-0.2, 0) is 20.9 Å². The molecule has 6 nitrogen and oxygen atoms in total. The first kappa shape index (κ1) is 26.1. The Hall–Kier alpha value is -3.14. The molecule has 33 heavy (non-hydrogen) atoms. The number of benzene rings is 2. The van der Waals surface area contributed by atoms with Crippen molar-refractivity contribution in [3.05, 3.63) is 65.2 Å². The second kappa shape index (κ2) is 14.8. The van der Waals surface area contributed by atoms with Crippen LogP contribution in [0, 0.1) is 11.8 Å². The number of hydrogen-bond acceptors (Lipinski definition) is 5. The lowest BCUT2D eigenvalue weighted by Gasteiger charge is -2.26. The van der Waals surface area contributed by atoms with Gasteiger partial charge in [-0.2, -0.15) is 0 Å². The van der Waals surface area contributed by atoms with Gasteiger partial charge in [0.1, 0.15) is 6.29 Å². The molecule has 1 unspecified atom stereocenters. The first-order chi connectivity index (χ1) is 16.2. The van der Waals surface area contributed by atoms with Crippen LogP contribution in [-0.4, -0.2) is 56.5 Å². The third kappa shape index (κ3) is 9.48. The number of nitrogens with zero attached hydrogens (tertiary/aromatic N) is 1. The molecule has 2 aromatic rings. The average molecular weight is 450 g/mol. The molecule has 0 aliphatic carbocycles. The molecule has 0 aromatic heterocycles. The fourth-order valence-electron chi connectivity index (χ4n) is 3.32. The Labute approximate surface area is 197 Å². The van der Waals surface area contributed by atoms with E-state index in [1.807, 2.05) is 45.2 Å². The SMILES string of the molecule is CC.CNc1ccc(C#Cc2ccc(CN3CCOCC3)cc2)cc1.O=CC1CCC(=O)N1. The van der Waals surface area contributed by atoms with Crippen molar-refractivity contribution in [2.75, 3.05) is 38.7 Å². The monoisotopic (exact) mass is 449 g/mol. The predicted octanol–water partition coefficient (Wildman–Crippen LogP) is 3.45. The molecule has 2 aromatic carbocycles. The van der Waals surface area contributed by atoms with Gasteiger partial charge in [0.2, 0.25) is 5.91 Å². The number of rotatable bonds is 4. The standard InChI is InChI=1S/C20H22N2O.C5H7NO2.C2H6/c1-21-20-10-8-18(9-11-20)3-2-17-4-6-19(7-5-17)16-22-12-14-23-15-13-22;7-3-4-1-2-5(8)6-4;1-2/h4-11,21H,12-16H2,1H3;3-4H,1-2H2,(H,6,8);1-2H3. The second-order valence-electron chi connectivity index (χ2n) is 7.51. The molecule has 2 heterocycles. The molecule has 2 saturated heterocycles. The summed E-state index contributed by atoms with van der Waals surface area (Å²) >= 11 is 0. The summed E-state index contributed by atoms with van der Waals surface area (Å²) in [6.45, 7) is 8.71. The van der Waals surface area contributed by atoms with Crippen molar-refractivity contribution < 1.29 is 14.3 Å². The fraction of sp³-hybridized carbons (Fsp3) is 0.407. The average Bonchev–Trinajstić information content (AvgIpc) is 3.31. The van der Waals surface area contributed by atoms with Crippen LogP contribution in [0.5, 0.6) is 0 Å². The number of hydrogen-bond donors (Lipinski definition) is 2. The van der Waals surface area contributed by atoms with Gasteiger partial charge < -0.3 is 20.2 Å². The van der Waals surface area contributed by atoms with E-state index in [-0.39, 0.29) is 11.9 Å². The molecule has 0 radical (unpaired) electrons. The summed E-state index contributed by atoms with van der Waals surface area (Å²) in [5, 5.41) is 5.60. The summed E-state index contributed by atoms with van der Waals surface area (Å²) in [6, 6.07) is 16.5. The molecule has 0 spiro atoms. The molecule has 1 amide bonds. The normalized spacial score (nSPS) is 17.2. The van der Waals surface area contributed by atoms with Crippen LogP contribution in [0.2, 0.25) is 0 Å². The summed E-state index contributed by atoms with van der Waals surface area (Å²) in [5.74, 6) is 6.42. The zero-order valence-corrected chi connectivity index (χ0v) is 19.9. The van der Waals surface area contributed by atoms with Gasteiger partial charge in [0.25, 0.3) is 0 Å². The summed E-state index contributed by atoms with van der Waals surface area (Å²) < 4.78 is 5.38. The molecule has 2 aliphatic heterocycles. The first-order valence-corrected chi connectivity index (χ1v) is 11.6. The lowest BCUT2D eigenvalue weighted by atomic mass is 10.1. The van der Waals surface area contributed by atoms with E-state index in [2.05, 4.69) is 51.6 Å². The summed E-state index contributed by atoms with van der Waals surface area (Å²) in [5.41, 5.74) is 4.51. The predicted molar refractivity (Wildman–Crippen MR) is 133 cm³/mol. The molecule has 1 atom stereocenters. The van der Waals surface area contributed by atoms with Crippen molar-refractivity contribution in [1.29, 1.82) is 0 Å². The van der Waals surface area contributed by atoms with Gasteiger partial charge in [-0.25, -0.2) is 0 Å². The summed E-state index contributed by atoms with van der Waals surface area (Å²) in [6.07, 6.45) is 1.94. The van der Waals surface area contributed by atoms with E-state index >= 15 is 0 Å². The maximum atomic E-state index is 10.3. The fourth-order valence-corrected chi connectivity index (χ4v) is 3.32. The number of morpholine rings is 1. The lowest BCUT2D eigenvalue weighted by Crippen LogP contribution is -2.35. The summed E-state index contributed by atoms with van der Waals surface area (Å²) in [4.78, 5) is 22.7. The van der Waals surface area contributed by atoms with E-state index in [0.717, 1.165) is 55.9 Å². The minimum absolute atomic E-state index is 0.0119. The topological polar surface area (TPSA) is 70.7 Å². The van der Waals surface area contributed by atoms with Crippen LogP contribution in [0.4, 0.5) is 5.69 Å². The van der Waals surface area contributed by atoms with Gasteiger partial charge in [-0.3, -0.25) is 9.69 Å². The van der Waals surface area contributed by atoms with Crippen molar-refractivity contribution in [2.24, 2.45) is 0 Å². The zero-order chi connectivity index (χ0) is 23.9. The van der Waals surface area contributed by atoms with Crippen LogP contribution < -0.4 is 10.6 Å². The van der Waals surface area contributed by atoms with Crippen molar-refractivity contribution in [1.82, 2.24) is 10.2 Å². The minimum atomic E-state index is -0.206. The highest BCUT2D eigenvalue weighted by Gasteiger charge is 2.18. The Morgan fingerprint density at radius 2 is 1.61 bits per heavy atom. The Kier molecular flexibility index (Phi) is 11.7. The maximum absolute atomic E-state index is 10.3. The van der Waals surface area contributed by atoms with Gasteiger partial charge in [-0.1, -0.05) is 37.8 Å². The Balaban J connectivity index is 0.000000323. The molecule has 2 aliphatic rings. The van der Waals surface area contributed by atoms with Crippen LogP contribution in [0.3, 0.4) is 0 Å². The summed E-state index contributed by atoms with van der Waals surface area (Å²) in [7, 11) is 1.92. The van der Waals surface area contributed by atoms with E-state index in [1.54, 1.807) is 0 Å². The van der Waals surface area contributed by atoms with Crippen molar-refractivity contribution in [2.45, 2.75) is 39.3 Å². The van der Waals surface area contributed by atoms with Crippen molar-refractivity contribution >= 4 is 17.9 Å². The highest BCUT2D eigenvalue weighted by molar-refractivity contribution is 5.83. The molecule has 2 N–H and O–H groups in total. The van der Waals surface area contributed by atoms with E-state index < -0.39 is 0 Å². The number of carbonyl (C=O) groups excluding carboxylic acids is 2. The minimum Gasteiger partial charge on any atom is -0.388 e. The van der Waals surface area contributed by atoms with Gasteiger partial charge >= 0.3 is 0 Å². The quantitative estimate of drug-likeness (QED) is 0.553. The molecule has 0 saturated carbocycles. The lowest BCUT2D eigenvalue weighted by molar-refractivity contribution is -0.120. The van der Waals surface area contributed by atoms with Crippen LogP contribution in [0.25, 0.3) is 0 Å². The molecule has 2 fully saturated rings. The molecular formula is C27H35N3O3. The van der Waals surface area contributed by atoms with E-state index in [1.165, 1.54) is 5.56 Å². The van der Waals surface area contributed by atoms with Crippen LogP contribution >= 0.6 is 0 Å². The number of ether oxygens (including phenoxy) is 1. The molecule has 0 bridgehead atoms. The first-order valence-electron chi connectivity index (χ1n) is 11.6. The third-order valence-corrected chi connectivity index (χ3v) is 5.18. The molecule has 6 heteroatoms. The number of nitrogens with one attached hydrogen (secondary N) is 2. The van der Waals surface area contributed by atoms with Gasteiger partial charge in [-0.05, 0) is 48.4 Å². The number of aldehydes is 1. The Morgan fingerprint density at radius 1 is 1.03 bits per heavy atom. The second-order valence-corrected chi connectivity index (χ2v) is 7.51. The maximum Gasteiger partial charge on any atom is 0.220 e. The number of amides is 1. The van der Waals surface area contributed by atoms with E-state index in [0.29, 0.717) is 12.8 Å². The molecule has 4 rings (SSSR count). The Morgan fingerprint density at radius 3 is 2.06 bits per heavy atom. The van der Waals surface area contributed by atoms with Gasteiger partial charge in [-0.15, -0.1) is 0 Å². The highest BCUT2D eigenvalue weighted by Crippen LogP contribution is 2.10. The van der Waals surface area contributed by atoms with E-state index in [4.69, 9.17) is 4.74 Å². The third-order valence-electron chi connectivity index (χ3n) is 5.18. The zero-order valence-electron chi connectivity index (χ0n) is 19.9. The molecular weight excluding hydrogens is 414 g/mol. The number of carbonyl (C=O) groups is 2. The highest BCUT2D eigenvalue weighted by atomic mass is 16.5. The Bertz CT molecular complexity index is 908. The van der Waals surface area contributed by atoms with E-state index in [9.17, 15) is 9.59 Å². The van der Waals surface area contributed by atoms with Gasteiger partial charge in [0.05, 0.1) is 19.3 Å². The van der Waals surface area contributed by atoms with Gasteiger partial charge in [0, 0.05) is 49.9 Å². The van der Waals surface area contributed by atoms with Crippen LogP contribution in [0.15, 0.2) is 48.5 Å². The van der Waals surface area contributed by atoms with Crippen LogP contribution in [0.1, 0.15) is 43.4 Å². The largest absolute Gasteiger partial charge is 0.388 e. The smallest absolute Gasteiger partial charge is 0.220 e. The van der Waals surface area contributed by atoms with Gasteiger partial charge in [0.15, 0.2) is 0 Å². The molecule has 176 valence electrons.